The Morgan fingerprint density at radius 1 is 1.10 bits per heavy atom. The lowest BCUT2D eigenvalue weighted by Gasteiger charge is -2.10. The lowest BCUT2D eigenvalue weighted by atomic mass is 10.2. The molecular weight excluding hydrogens is 270 g/mol. The van der Waals surface area contributed by atoms with Crippen LogP contribution < -0.4 is 10.5 Å². The zero-order chi connectivity index (χ0) is 14.3. The minimum Gasteiger partial charge on any atom is -0.438 e. The smallest absolute Gasteiger partial charge is 0.231 e. The zero-order valence-electron chi connectivity index (χ0n) is 11.6. The van der Waals surface area contributed by atoms with Crippen LogP contribution in [0.3, 0.4) is 0 Å². The standard InChI is InChI=1S/C15H15N3OS/c1-8-10(3)20-15-13(8)14(17-7-18-15)19-12-6-4-5-11(16)9(12)2/h4-7H,16H2,1-3H3. The van der Waals surface area contributed by atoms with Gasteiger partial charge in [-0.15, -0.1) is 11.3 Å². The quantitative estimate of drug-likeness (QED) is 0.723. The molecule has 1 aromatic carbocycles. The molecule has 0 aliphatic heterocycles. The number of benzene rings is 1. The monoisotopic (exact) mass is 285 g/mol. The van der Waals surface area contributed by atoms with Crippen LogP contribution in [0.15, 0.2) is 24.5 Å². The summed E-state index contributed by atoms with van der Waals surface area (Å²) < 4.78 is 5.97. The molecule has 0 saturated heterocycles. The van der Waals surface area contributed by atoms with E-state index in [1.807, 2.05) is 25.1 Å². The highest BCUT2D eigenvalue weighted by Gasteiger charge is 2.14. The maximum atomic E-state index is 5.97. The van der Waals surface area contributed by atoms with Crippen LogP contribution in [0.5, 0.6) is 11.6 Å². The molecule has 0 aliphatic rings. The van der Waals surface area contributed by atoms with Crippen LogP contribution in [0, 0.1) is 20.8 Å². The Morgan fingerprint density at radius 3 is 2.70 bits per heavy atom. The van der Waals surface area contributed by atoms with E-state index in [-0.39, 0.29) is 0 Å². The van der Waals surface area contributed by atoms with Crippen molar-refractivity contribution in [2.45, 2.75) is 20.8 Å². The summed E-state index contributed by atoms with van der Waals surface area (Å²) in [5.41, 5.74) is 8.71. The highest BCUT2D eigenvalue weighted by Crippen LogP contribution is 2.36. The molecule has 2 heterocycles. The van der Waals surface area contributed by atoms with Gasteiger partial charge in [-0.25, -0.2) is 9.97 Å². The van der Waals surface area contributed by atoms with Gasteiger partial charge in [-0.2, -0.15) is 0 Å². The molecule has 0 aliphatic carbocycles. The van der Waals surface area contributed by atoms with Crippen molar-refractivity contribution < 1.29 is 4.74 Å². The first kappa shape index (κ1) is 12.9. The van der Waals surface area contributed by atoms with Crippen molar-refractivity contribution >= 4 is 27.2 Å². The lowest BCUT2D eigenvalue weighted by molar-refractivity contribution is 0.465. The van der Waals surface area contributed by atoms with Crippen molar-refractivity contribution in [2.75, 3.05) is 5.73 Å². The second kappa shape index (κ2) is 4.76. The number of ether oxygens (including phenoxy) is 1. The summed E-state index contributed by atoms with van der Waals surface area (Å²) in [6.07, 6.45) is 1.54. The van der Waals surface area contributed by atoms with E-state index in [2.05, 4.69) is 23.8 Å². The number of aryl methyl sites for hydroxylation is 2. The zero-order valence-corrected chi connectivity index (χ0v) is 12.4. The molecule has 5 heteroatoms. The van der Waals surface area contributed by atoms with E-state index in [9.17, 15) is 0 Å². The number of nitrogens with zero attached hydrogens (tertiary/aromatic N) is 2. The van der Waals surface area contributed by atoms with Gasteiger partial charge in [0.05, 0.1) is 5.39 Å². The first-order valence-corrected chi connectivity index (χ1v) is 7.13. The molecule has 2 N–H and O–H groups in total. The SMILES string of the molecule is Cc1sc2ncnc(Oc3cccc(N)c3C)c2c1C. The summed E-state index contributed by atoms with van der Waals surface area (Å²) in [4.78, 5) is 10.8. The Bertz CT molecular complexity index is 795. The number of nitrogens with two attached hydrogens (primary N) is 1. The topological polar surface area (TPSA) is 61.0 Å². The number of rotatable bonds is 2. The van der Waals surface area contributed by atoms with Gasteiger partial charge in [0, 0.05) is 16.1 Å². The molecule has 2 aromatic heterocycles. The average molecular weight is 285 g/mol. The normalized spacial score (nSPS) is 10.9. The summed E-state index contributed by atoms with van der Waals surface area (Å²) >= 11 is 1.66. The Hall–Kier alpha value is -2.14. The molecule has 0 atom stereocenters. The van der Waals surface area contributed by atoms with E-state index in [4.69, 9.17) is 10.5 Å². The molecule has 0 amide bonds. The molecule has 3 rings (SSSR count). The van der Waals surface area contributed by atoms with Crippen LogP contribution in [0.1, 0.15) is 16.0 Å². The number of thiophene rings is 1. The maximum absolute atomic E-state index is 5.97. The van der Waals surface area contributed by atoms with Crippen LogP contribution in [-0.4, -0.2) is 9.97 Å². The number of fused-ring (bicyclic) bond motifs is 1. The largest absolute Gasteiger partial charge is 0.438 e. The fourth-order valence-electron chi connectivity index (χ4n) is 2.07. The van der Waals surface area contributed by atoms with Crippen molar-refractivity contribution in [3.05, 3.63) is 40.5 Å². The second-order valence-corrected chi connectivity index (χ2v) is 5.92. The van der Waals surface area contributed by atoms with E-state index in [0.29, 0.717) is 11.6 Å². The third-order valence-corrected chi connectivity index (χ3v) is 4.58. The first-order valence-electron chi connectivity index (χ1n) is 6.31. The minimum absolute atomic E-state index is 0.588. The maximum Gasteiger partial charge on any atom is 0.231 e. The van der Waals surface area contributed by atoms with Gasteiger partial charge in [-0.1, -0.05) is 6.07 Å². The van der Waals surface area contributed by atoms with Crippen LogP contribution in [0.4, 0.5) is 5.69 Å². The number of hydrogen-bond acceptors (Lipinski definition) is 5. The van der Waals surface area contributed by atoms with Gasteiger partial charge in [0.2, 0.25) is 5.88 Å². The first-order chi connectivity index (χ1) is 9.58. The predicted octanol–water partition coefficient (Wildman–Crippen LogP) is 3.99. The number of aromatic nitrogens is 2. The molecule has 3 aromatic rings. The van der Waals surface area contributed by atoms with E-state index < -0.39 is 0 Å². The second-order valence-electron chi connectivity index (χ2n) is 4.71. The number of hydrogen-bond donors (Lipinski definition) is 1. The highest BCUT2D eigenvalue weighted by atomic mass is 32.1. The molecule has 0 radical (unpaired) electrons. The third-order valence-electron chi connectivity index (χ3n) is 3.46. The van der Waals surface area contributed by atoms with Crippen LogP contribution in [0.25, 0.3) is 10.2 Å². The fraction of sp³-hybridized carbons (Fsp3) is 0.200. The summed E-state index contributed by atoms with van der Waals surface area (Å²) in [5.74, 6) is 1.32. The number of nitrogen functional groups attached to an aromatic ring is 1. The average Bonchev–Trinajstić information content (AvgIpc) is 2.72. The summed E-state index contributed by atoms with van der Waals surface area (Å²) in [6.45, 7) is 6.09. The molecule has 20 heavy (non-hydrogen) atoms. The van der Waals surface area contributed by atoms with Crippen LogP contribution in [-0.2, 0) is 0 Å². The Labute approximate surface area is 121 Å². The molecule has 102 valence electrons. The van der Waals surface area contributed by atoms with Gasteiger partial charge in [0.25, 0.3) is 0 Å². The third kappa shape index (κ3) is 2.00. The van der Waals surface area contributed by atoms with Gasteiger partial charge >= 0.3 is 0 Å². The van der Waals surface area contributed by atoms with Crippen LogP contribution in [0.2, 0.25) is 0 Å². The van der Waals surface area contributed by atoms with Crippen molar-refractivity contribution in [3.63, 3.8) is 0 Å². The Balaban J connectivity index is 2.13. The molecule has 4 nitrogen and oxygen atoms in total. The lowest BCUT2D eigenvalue weighted by Crippen LogP contribution is -1.95. The van der Waals surface area contributed by atoms with Gasteiger partial charge in [0.1, 0.15) is 16.9 Å². The van der Waals surface area contributed by atoms with E-state index in [1.54, 1.807) is 11.3 Å². The van der Waals surface area contributed by atoms with E-state index in [1.165, 1.54) is 16.8 Å². The minimum atomic E-state index is 0.588. The molecule has 0 spiro atoms. The summed E-state index contributed by atoms with van der Waals surface area (Å²) in [7, 11) is 0. The van der Waals surface area contributed by atoms with Crippen molar-refractivity contribution in [1.82, 2.24) is 9.97 Å². The predicted molar refractivity (Wildman–Crippen MR) is 82.6 cm³/mol. The van der Waals surface area contributed by atoms with Crippen LogP contribution >= 0.6 is 11.3 Å². The van der Waals surface area contributed by atoms with Gasteiger partial charge in [0.15, 0.2) is 0 Å². The van der Waals surface area contributed by atoms with Crippen molar-refractivity contribution in [1.29, 1.82) is 0 Å². The molecular formula is C15H15N3OS. The molecule has 0 unspecified atom stereocenters. The number of anilines is 1. The van der Waals surface area contributed by atoms with Crippen molar-refractivity contribution in [3.8, 4) is 11.6 Å². The summed E-state index contributed by atoms with van der Waals surface area (Å²) in [5, 5.41) is 0.983. The fourth-order valence-corrected chi connectivity index (χ4v) is 3.06. The van der Waals surface area contributed by atoms with Gasteiger partial charge < -0.3 is 10.5 Å². The molecule has 0 bridgehead atoms. The molecule has 0 saturated carbocycles. The van der Waals surface area contributed by atoms with Gasteiger partial charge in [-0.3, -0.25) is 0 Å². The van der Waals surface area contributed by atoms with Crippen molar-refractivity contribution in [2.24, 2.45) is 0 Å². The molecule has 0 fully saturated rings. The van der Waals surface area contributed by atoms with Gasteiger partial charge in [-0.05, 0) is 38.5 Å². The Morgan fingerprint density at radius 2 is 1.90 bits per heavy atom. The highest BCUT2D eigenvalue weighted by molar-refractivity contribution is 7.18. The summed E-state index contributed by atoms with van der Waals surface area (Å²) in [6, 6.07) is 5.63. The van der Waals surface area contributed by atoms with E-state index in [0.717, 1.165) is 21.5 Å². The van der Waals surface area contributed by atoms with E-state index >= 15 is 0 Å². The Kier molecular flexibility index (Phi) is 3.06.